The van der Waals surface area contributed by atoms with Gasteiger partial charge in [0.25, 0.3) is 5.88 Å². The third-order valence-corrected chi connectivity index (χ3v) is 9.42. The fourth-order valence-corrected chi connectivity index (χ4v) is 7.01. The summed E-state index contributed by atoms with van der Waals surface area (Å²) in [6, 6.07) is 7.56. The zero-order valence-electron chi connectivity index (χ0n) is 27.8. The van der Waals surface area contributed by atoms with Gasteiger partial charge in [0.15, 0.2) is 0 Å². The summed E-state index contributed by atoms with van der Waals surface area (Å²) in [7, 11) is 0. The molecule has 48 heavy (non-hydrogen) atoms. The zero-order valence-corrected chi connectivity index (χ0v) is 28.6. The second kappa shape index (κ2) is 15.2. The molecule has 258 valence electrons. The minimum Gasteiger partial charge on any atom is -0.487 e. The van der Waals surface area contributed by atoms with Crippen molar-refractivity contribution in [3.63, 3.8) is 0 Å². The predicted molar refractivity (Wildman–Crippen MR) is 187 cm³/mol. The summed E-state index contributed by atoms with van der Waals surface area (Å²) in [6.45, 7) is 7.55. The van der Waals surface area contributed by atoms with Crippen molar-refractivity contribution in [1.82, 2.24) is 24.6 Å². The van der Waals surface area contributed by atoms with Gasteiger partial charge in [0.05, 0.1) is 49.0 Å². The molecule has 0 amide bonds. The summed E-state index contributed by atoms with van der Waals surface area (Å²) in [5.41, 5.74) is 6.52. The van der Waals surface area contributed by atoms with Crippen LogP contribution in [0.25, 0.3) is 11.1 Å². The lowest BCUT2D eigenvalue weighted by atomic mass is 9.89. The SMILES string of the molecule is C[C@@H](CN=CN=CN)Oc1cc(-c2cnc(Nc3cn(C4CCC(N5[C@@H]6CC[C@H]5COC6)CC4)nc3OCC(C)(C)O)nc2)ccc1Cl. The van der Waals surface area contributed by atoms with Gasteiger partial charge in [-0.1, -0.05) is 17.7 Å². The van der Waals surface area contributed by atoms with E-state index in [1.165, 1.54) is 25.5 Å². The van der Waals surface area contributed by atoms with Crippen LogP contribution in [-0.4, -0.2) is 98.6 Å². The number of fused-ring (bicyclic) bond motifs is 2. The third kappa shape index (κ3) is 8.43. The highest BCUT2D eigenvalue weighted by atomic mass is 35.5. The van der Waals surface area contributed by atoms with E-state index in [-0.39, 0.29) is 18.8 Å². The molecule has 3 aromatic rings. The van der Waals surface area contributed by atoms with Crippen molar-refractivity contribution in [2.45, 2.75) is 95.2 Å². The molecule has 3 aliphatic rings. The number of aliphatic hydroxyl groups is 1. The van der Waals surface area contributed by atoms with Gasteiger partial charge < -0.3 is 30.4 Å². The molecule has 0 radical (unpaired) electrons. The Kier molecular flexibility index (Phi) is 10.8. The van der Waals surface area contributed by atoms with E-state index in [9.17, 15) is 5.11 Å². The summed E-state index contributed by atoms with van der Waals surface area (Å²) in [4.78, 5) is 19.8. The minimum atomic E-state index is -1.01. The highest BCUT2D eigenvalue weighted by Crippen LogP contribution is 2.40. The van der Waals surface area contributed by atoms with Crippen LogP contribution in [0.3, 0.4) is 0 Å². The number of aliphatic imine (C=N–C) groups is 2. The molecule has 4 heterocycles. The Morgan fingerprint density at radius 1 is 1.08 bits per heavy atom. The maximum absolute atomic E-state index is 10.3. The Labute approximate surface area is 286 Å². The number of anilines is 2. The molecule has 3 fully saturated rings. The van der Waals surface area contributed by atoms with E-state index in [2.05, 4.69) is 30.2 Å². The number of nitrogens with two attached hydrogens (primary N) is 1. The van der Waals surface area contributed by atoms with Crippen molar-refractivity contribution in [1.29, 1.82) is 0 Å². The van der Waals surface area contributed by atoms with E-state index in [1.54, 1.807) is 32.3 Å². The lowest BCUT2D eigenvalue weighted by molar-refractivity contribution is -0.0458. The quantitative estimate of drug-likeness (QED) is 0.166. The number of ether oxygens (including phenoxy) is 3. The Morgan fingerprint density at radius 2 is 1.77 bits per heavy atom. The zero-order chi connectivity index (χ0) is 33.7. The number of halogens is 1. The van der Waals surface area contributed by atoms with Crippen LogP contribution in [0, 0.1) is 0 Å². The average Bonchev–Trinajstić information content (AvgIpc) is 3.59. The Morgan fingerprint density at radius 3 is 2.46 bits per heavy atom. The number of rotatable bonds is 13. The van der Waals surface area contributed by atoms with Gasteiger partial charge in [-0.2, -0.15) is 0 Å². The van der Waals surface area contributed by atoms with E-state index >= 15 is 0 Å². The van der Waals surface area contributed by atoms with Crippen LogP contribution >= 0.6 is 11.6 Å². The normalized spacial score (nSPS) is 23.9. The first-order valence-electron chi connectivity index (χ1n) is 16.7. The van der Waals surface area contributed by atoms with E-state index in [1.807, 2.05) is 29.9 Å². The molecular weight excluding hydrogens is 634 g/mol. The summed E-state index contributed by atoms with van der Waals surface area (Å²) in [6.07, 6.45) is 14.6. The lowest BCUT2D eigenvalue weighted by Gasteiger charge is -2.43. The van der Waals surface area contributed by atoms with E-state index in [0.29, 0.717) is 53.0 Å². The molecule has 2 saturated heterocycles. The van der Waals surface area contributed by atoms with Gasteiger partial charge in [0, 0.05) is 36.1 Å². The van der Waals surface area contributed by atoms with Gasteiger partial charge >= 0.3 is 0 Å². The van der Waals surface area contributed by atoms with E-state index in [0.717, 1.165) is 50.0 Å². The molecule has 4 N–H and O–H groups in total. The van der Waals surface area contributed by atoms with Gasteiger partial charge in [0.2, 0.25) is 5.95 Å². The number of benzene rings is 1. The van der Waals surface area contributed by atoms with Crippen molar-refractivity contribution >= 4 is 35.9 Å². The maximum Gasteiger partial charge on any atom is 0.257 e. The second-order valence-corrected chi connectivity index (χ2v) is 13.9. The van der Waals surface area contributed by atoms with Crippen LogP contribution in [-0.2, 0) is 4.74 Å². The third-order valence-electron chi connectivity index (χ3n) is 9.11. The van der Waals surface area contributed by atoms with Gasteiger partial charge in [0.1, 0.15) is 30.5 Å². The fraction of sp³-hybridized carbons (Fsp3) is 0.559. The van der Waals surface area contributed by atoms with Crippen molar-refractivity contribution in [2.75, 3.05) is 31.7 Å². The number of nitrogens with zero attached hydrogens (tertiary/aromatic N) is 7. The Hall–Kier alpha value is -3.78. The fourth-order valence-electron chi connectivity index (χ4n) is 6.85. The summed E-state index contributed by atoms with van der Waals surface area (Å²) >= 11 is 6.42. The first-order chi connectivity index (χ1) is 23.2. The molecule has 2 aromatic heterocycles. The lowest BCUT2D eigenvalue weighted by Crippen LogP contribution is -2.52. The molecule has 1 aromatic carbocycles. The largest absolute Gasteiger partial charge is 0.487 e. The van der Waals surface area contributed by atoms with E-state index < -0.39 is 5.60 Å². The molecule has 6 rings (SSSR count). The van der Waals surface area contributed by atoms with E-state index in [4.69, 9.17) is 36.6 Å². The topological polar surface area (TPSA) is 158 Å². The van der Waals surface area contributed by atoms with Crippen LogP contribution in [0.5, 0.6) is 11.6 Å². The van der Waals surface area contributed by atoms with Gasteiger partial charge in [-0.25, -0.2) is 15.0 Å². The van der Waals surface area contributed by atoms with Crippen LogP contribution in [0.2, 0.25) is 5.02 Å². The van der Waals surface area contributed by atoms with Crippen LogP contribution in [0.4, 0.5) is 11.6 Å². The molecule has 2 aliphatic heterocycles. The molecule has 2 bridgehead atoms. The van der Waals surface area contributed by atoms with Crippen molar-refractivity contribution in [2.24, 2.45) is 15.7 Å². The Bertz CT molecular complexity index is 1550. The molecule has 3 atom stereocenters. The molecule has 14 heteroatoms. The molecule has 0 unspecified atom stereocenters. The predicted octanol–water partition coefficient (Wildman–Crippen LogP) is 5.02. The first-order valence-corrected chi connectivity index (χ1v) is 17.1. The van der Waals surface area contributed by atoms with Crippen LogP contribution in [0.1, 0.15) is 65.3 Å². The first kappa shape index (κ1) is 34.1. The maximum atomic E-state index is 10.3. The smallest absolute Gasteiger partial charge is 0.257 e. The van der Waals surface area contributed by atoms with Crippen molar-refractivity contribution < 1.29 is 19.3 Å². The molecule has 1 aliphatic carbocycles. The number of aromatic nitrogens is 4. The highest BCUT2D eigenvalue weighted by molar-refractivity contribution is 6.32. The van der Waals surface area contributed by atoms with Gasteiger partial charge in [-0.05, 0) is 77.0 Å². The van der Waals surface area contributed by atoms with Gasteiger partial charge in [-0.3, -0.25) is 14.6 Å². The average molecular weight is 680 g/mol. The molecule has 0 spiro atoms. The molecular formula is C34H46ClN9O4. The standard InChI is InChI=1S/C34H46ClN9O4/c1-22(13-37-21-38-20-36)48-31-12-23(4-11-29(31)35)24-14-39-33(40-15-24)41-30-16-43(42-32(30)47-19-34(2,3)45)25-5-7-26(8-6-25)44-27-9-10-28(44)18-46-17-27/h4,11-12,14-16,20-22,25-28,45H,5-10,13,17-19H2,1-3H3,(H2,36,37,38)(H,39,40,41)/t22-,25?,26?,27-,28+/m0/s1. The second-order valence-electron chi connectivity index (χ2n) is 13.5. The monoisotopic (exact) mass is 679 g/mol. The van der Waals surface area contributed by atoms with Crippen LogP contribution in [0.15, 0.2) is 46.8 Å². The summed E-state index contributed by atoms with van der Waals surface area (Å²) in [5.74, 6) is 1.34. The minimum absolute atomic E-state index is 0.0958. The number of hydrogen-bond donors (Lipinski definition) is 3. The Balaban J connectivity index is 1.12. The highest BCUT2D eigenvalue weighted by Gasteiger charge is 2.42. The molecule has 13 nitrogen and oxygen atoms in total. The number of nitrogens with one attached hydrogen (secondary N) is 1. The van der Waals surface area contributed by atoms with Gasteiger partial charge in [-0.15, -0.1) is 5.10 Å². The van der Waals surface area contributed by atoms with Crippen LogP contribution < -0.4 is 20.5 Å². The van der Waals surface area contributed by atoms with Crippen molar-refractivity contribution in [3.05, 3.63) is 41.8 Å². The summed E-state index contributed by atoms with van der Waals surface area (Å²) < 4.78 is 19.9. The number of morpholine rings is 1. The van der Waals surface area contributed by atoms with Crippen molar-refractivity contribution in [3.8, 4) is 22.8 Å². The molecule has 1 saturated carbocycles. The number of hydrogen-bond acceptors (Lipinski definition) is 10. The summed E-state index contributed by atoms with van der Waals surface area (Å²) in [5, 5.41) is 19.0.